The van der Waals surface area contributed by atoms with Crippen LogP contribution in [0.1, 0.15) is 33.1 Å². The fraction of sp³-hybridized carbons (Fsp3) is 0.667. The lowest BCUT2D eigenvalue weighted by Gasteiger charge is -2.02. The minimum Gasteiger partial charge on any atom is -0.330 e. The van der Waals surface area contributed by atoms with Gasteiger partial charge in [-0.2, -0.15) is 0 Å². The van der Waals surface area contributed by atoms with Crippen LogP contribution in [0, 0.1) is 5.92 Å². The Balaban J connectivity index is 2.39. The molecule has 0 saturated carbocycles. The largest absolute Gasteiger partial charge is 0.330 e. The van der Waals surface area contributed by atoms with Gasteiger partial charge in [0.25, 0.3) is 0 Å². The predicted molar refractivity (Wildman–Crippen MR) is 44.9 cm³/mol. The standard InChI is InChI=1S/C9H15NO/c1-3-4-5-8-6-7(2)10-9(8)11/h6,8H,3-5H2,1-2H3,(H,10,11). The summed E-state index contributed by atoms with van der Waals surface area (Å²) in [5.41, 5.74) is 1.01. The van der Waals surface area contributed by atoms with Crippen molar-refractivity contribution in [3.05, 3.63) is 11.8 Å². The predicted octanol–water partition coefficient (Wildman–Crippen LogP) is 1.83. The number of rotatable bonds is 3. The Bertz CT molecular complexity index is 184. The SMILES string of the molecule is CCCCC1C=C(C)NC1=O. The highest BCUT2D eigenvalue weighted by Crippen LogP contribution is 2.17. The Morgan fingerprint density at radius 3 is 2.82 bits per heavy atom. The van der Waals surface area contributed by atoms with Gasteiger partial charge in [0.05, 0.1) is 5.92 Å². The summed E-state index contributed by atoms with van der Waals surface area (Å²) in [4.78, 5) is 11.1. The quantitative estimate of drug-likeness (QED) is 0.658. The third-order valence-electron chi connectivity index (χ3n) is 1.98. The smallest absolute Gasteiger partial charge is 0.231 e. The first-order valence-electron chi connectivity index (χ1n) is 4.23. The van der Waals surface area contributed by atoms with Crippen molar-refractivity contribution in [1.29, 1.82) is 0 Å². The molecule has 1 atom stereocenters. The number of carbonyl (C=O) groups excluding carboxylic acids is 1. The number of allylic oxidation sites excluding steroid dienone is 1. The third-order valence-corrected chi connectivity index (χ3v) is 1.98. The molecule has 0 radical (unpaired) electrons. The highest BCUT2D eigenvalue weighted by Gasteiger charge is 2.20. The first-order valence-corrected chi connectivity index (χ1v) is 4.23. The molecule has 1 aliphatic heterocycles. The van der Waals surface area contributed by atoms with E-state index in [0.29, 0.717) is 0 Å². The second-order valence-corrected chi connectivity index (χ2v) is 3.09. The molecule has 62 valence electrons. The number of amides is 1. The molecule has 1 rings (SSSR count). The van der Waals surface area contributed by atoms with Crippen LogP contribution in [-0.2, 0) is 4.79 Å². The van der Waals surface area contributed by atoms with Gasteiger partial charge >= 0.3 is 0 Å². The maximum absolute atomic E-state index is 11.1. The van der Waals surface area contributed by atoms with Crippen LogP contribution >= 0.6 is 0 Å². The first-order chi connectivity index (χ1) is 5.24. The number of hydrogen-bond donors (Lipinski definition) is 1. The molecule has 0 bridgehead atoms. The Hall–Kier alpha value is -0.790. The van der Waals surface area contributed by atoms with E-state index >= 15 is 0 Å². The van der Waals surface area contributed by atoms with Gasteiger partial charge in [-0.15, -0.1) is 0 Å². The minimum atomic E-state index is 0.148. The number of carbonyl (C=O) groups is 1. The highest BCUT2D eigenvalue weighted by molar-refractivity contribution is 5.84. The Labute approximate surface area is 67.7 Å². The molecule has 0 aromatic rings. The topological polar surface area (TPSA) is 29.1 Å². The summed E-state index contributed by atoms with van der Waals surface area (Å²) in [5, 5.41) is 2.80. The van der Waals surface area contributed by atoms with E-state index in [4.69, 9.17) is 0 Å². The molecule has 11 heavy (non-hydrogen) atoms. The monoisotopic (exact) mass is 153 g/mol. The maximum atomic E-state index is 11.1. The molecule has 2 heteroatoms. The Kier molecular flexibility index (Phi) is 2.69. The van der Waals surface area contributed by atoms with Gasteiger partial charge in [0.1, 0.15) is 0 Å². The second kappa shape index (κ2) is 3.56. The van der Waals surface area contributed by atoms with Crippen molar-refractivity contribution in [2.45, 2.75) is 33.1 Å². The molecule has 1 unspecified atom stereocenters. The summed E-state index contributed by atoms with van der Waals surface area (Å²) in [7, 11) is 0. The lowest BCUT2D eigenvalue weighted by Crippen LogP contribution is -2.20. The van der Waals surface area contributed by atoms with E-state index in [1.807, 2.05) is 13.0 Å². The molecule has 0 fully saturated rings. The fourth-order valence-corrected chi connectivity index (χ4v) is 1.34. The van der Waals surface area contributed by atoms with Crippen molar-refractivity contribution in [3.8, 4) is 0 Å². The van der Waals surface area contributed by atoms with Crippen LogP contribution < -0.4 is 5.32 Å². The van der Waals surface area contributed by atoms with Gasteiger partial charge in [-0.25, -0.2) is 0 Å². The average molecular weight is 153 g/mol. The first kappa shape index (κ1) is 8.31. The molecule has 2 nitrogen and oxygen atoms in total. The zero-order chi connectivity index (χ0) is 8.27. The van der Waals surface area contributed by atoms with Crippen LogP contribution in [0.2, 0.25) is 0 Å². The van der Waals surface area contributed by atoms with Gasteiger partial charge in [-0.05, 0) is 13.3 Å². The molecule has 1 N–H and O–H groups in total. The minimum absolute atomic E-state index is 0.148. The summed E-state index contributed by atoms with van der Waals surface area (Å²) in [6.07, 6.45) is 5.33. The summed E-state index contributed by atoms with van der Waals surface area (Å²) < 4.78 is 0. The summed E-state index contributed by atoms with van der Waals surface area (Å²) in [6.45, 7) is 4.08. The average Bonchev–Trinajstić information content (AvgIpc) is 2.26. The van der Waals surface area contributed by atoms with E-state index < -0.39 is 0 Å². The Morgan fingerprint density at radius 1 is 1.64 bits per heavy atom. The van der Waals surface area contributed by atoms with Gasteiger partial charge in [0.15, 0.2) is 0 Å². The van der Waals surface area contributed by atoms with Crippen molar-refractivity contribution in [3.63, 3.8) is 0 Å². The lowest BCUT2D eigenvalue weighted by atomic mass is 10.0. The molecule has 0 saturated heterocycles. The van der Waals surface area contributed by atoms with E-state index in [2.05, 4.69) is 12.2 Å². The van der Waals surface area contributed by atoms with Crippen LogP contribution in [0.5, 0.6) is 0 Å². The third kappa shape index (κ3) is 2.07. The van der Waals surface area contributed by atoms with Crippen LogP contribution in [0.25, 0.3) is 0 Å². The van der Waals surface area contributed by atoms with Crippen molar-refractivity contribution in [2.75, 3.05) is 0 Å². The fourth-order valence-electron chi connectivity index (χ4n) is 1.34. The van der Waals surface area contributed by atoms with E-state index in [1.165, 1.54) is 0 Å². The van der Waals surface area contributed by atoms with Gasteiger partial charge in [0, 0.05) is 5.70 Å². The van der Waals surface area contributed by atoms with Crippen molar-refractivity contribution < 1.29 is 4.79 Å². The Morgan fingerprint density at radius 2 is 2.36 bits per heavy atom. The molecule has 0 aromatic carbocycles. The molecular formula is C9H15NO. The van der Waals surface area contributed by atoms with E-state index in [1.54, 1.807) is 0 Å². The highest BCUT2D eigenvalue weighted by atomic mass is 16.2. The molecule has 0 aromatic heterocycles. The molecule has 0 aliphatic carbocycles. The number of nitrogens with one attached hydrogen (secondary N) is 1. The number of unbranched alkanes of at least 4 members (excludes halogenated alkanes) is 1. The molecule has 1 amide bonds. The van der Waals surface area contributed by atoms with Crippen LogP contribution in [0.4, 0.5) is 0 Å². The van der Waals surface area contributed by atoms with E-state index in [0.717, 1.165) is 25.0 Å². The molecule has 1 aliphatic rings. The van der Waals surface area contributed by atoms with Gasteiger partial charge < -0.3 is 5.32 Å². The lowest BCUT2D eigenvalue weighted by molar-refractivity contribution is -0.122. The molecular weight excluding hydrogens is 138 g/mol. The summed E-state index contributed by atoms with van der Waals surface area (Å²) in [6, 6.07) is 0. The van der Waals surface area contributed by atoms with Crippen LogP contribution in [0.15, 0.2) is 11.8 Å². The van der Waals surface area contributed by atoms with Crippen molar-refractivity contribution >= 4 is 5.91 Å². The second-order valence-electron chi connectivity index (χ2n) is 3.09. The summed E-state index contributed by atoms with van der Waals surface area (Å²) in [5.74, 6) is 0.325. The normalized spacial score (nSPS) is 23.3. The number of hydrogen-bond acceptors (Lipinski definition) is 1. The van der Waals surface area contributed by atoms with E-state index in [-0.39, 0.29) is 11.8 Å². The molecule has 0 spiro atoms. The zero-order valence-electron chi connectivity index (χ0n) is 7.18. The van der Waals surface area contributed by atoms with Gasteiger partial charge in [-0.3, -0.25) is 4.79 Å². The van der Waals surface area contributed by atoms with Crippen molar-refractivity contribution in [1.82, 2.24) is 5.32 Å². The van der Waals surface area contributed by atoms with Crippen LogP contribution in [0.3, 0.4) is 0 Å². The molecule has 1 heterocycles. The van der Waals surface area contributed by atoms with E-state index in [9.17, 15) is 4.79 Å². The van der Waals surface area contributed by atoms with Crippen LogP contribution in [-0.4, -0.2) is 5.91 Å². The van der Waals surface area contributed by atoms with Gasteiger partial charge in [-0.1, -0.05) is 25.8 Å². The zero-order valence-corrected chi connectivity index (χ0v) is 7.18. The maximum Gasteiger partial charge on any atom is 0.231 e. The van der Waals surface area contributed by atoms with Crippen molar-refractivity contribution in [2.24, 2.45) is 5.92 Å². The van der Waals surface area contributed by atoms with Gasteiger partial charge in [0.2, 0.25) is 5.91 Å². The summed E-state index contributed by atoms with van der Waals surface area (Å²) >= 11 is 0.